The molecule has 0 radical (unpaired) electrons. The third-order valence-electron chi connectivity index (χ3n) is 6.32. The quantitative estimate of drug-likeness (QED) is 0.382. The lowest BCUT2D eigenvalue weighted by molar-refractivity contribution is 0.318. The number of hydrogen-bond acceptors (Lipinski definition) is 2. The van der Waals surface area contributed by atoms with Gasteiger partial charge in [-0.05, 0) is 102 Å². The van der Waals surface area contributed by atoms with Gasteiger partial charge in [-0.15, -0.1) is 0 Å². The highest BCUT2D eigenvalue weighted by Gasteiger charge is 2.27. The molecule has 2 nitrogen and oxygen atoms in total. The van der Waals surface area contributed by atoms with Crippen LogP contribution >= 0.6 is 43.8 Å². The average molecular weight is 556 g/mol. The highest BCUT2D eigenvalue weighted by Crippen LogP contribution is 2.45. The molecule has 3 rings (SSSR count). The normalized spacial score (nSPS) is 16.3. The van der Waals surface area contributed by atoms with E-state index < -0.39 is 0 Å². The van der Waals surface area contributed by atoms with E-state index in [0.29, 0.717) is 0 Å². The lowest BCUT2D eigenvalue weighted by atomic mass is 9.79. The van der Waals surface area contributed by atoms with Gasteiger partial charge in [0.05, 0.1) is 15.1 Å². The molecule has 1 aliphatic rings. The summed E-state index contributed by atoms with van der Waals surface area (Å²) >= 11 is 9.12. The summed E-state index contributed by atoms with van der Waals surface area (Å²) in [5, 5.41) is 6.09. The van der Waals surface area contributed by atoms with E-state index in [1.807, 2.05) is 0 Å². The third kappa shape index (κ3) is 5.22. The zero-order chi connectivity index (χ0) is 22.3. The molecule has 0 bridgehead atoms. The van der Waals surface area contributed by atoms with E-state index >= 15 is 0 Å². The predicted molar refractivity (Wildman–Crippen MR) is 139 cm³/mol. The van der Waals surface area contributed by atoms with E-state index in [0.717, 1.165) is 26.4 Å². The van der Waals surface area contributed by atoms with Gasteiger partial charge in [-0.1, -0.05) is 66.9 Å². The van der Waals surface area contributed by atoms with Crippen LogP contribution in [0.2, 0.25) is 0 Å². The van der Waals surface area contributed by atoms with Crippen LogP contribution in [-0.4, -0.2) is 4.57 Å². The summed E-state index contributed by atoms with van der Waals surface area (Å²) in [7, 11) is 0. The molecule has 0 aliphatic heterocycles. The number of halogens is 2. The largest absolute Gasteiger partial charge is 0.333 e. The van der Waals surface area contributed by atoms with Crippen molar-refractivity contribution in [1.82, 2.24) is 4.57 Å². The Morgan fingerprint density at radius 2 is 1.47 bits per heavy atom. The van der Waals surface area contributed by atoms with Gasteiger partial charge in [0.25, 0.3) is 0 Å². The molecule has 0 amide bonds. The Morgan fingerprint density at radius 1 is 0.933 bits per heavy atom. The fourth-order valence-electron chi connectivity index (χ4n) is 4.35. The Labute approximate surface area is 204 Å². The number of hydrogen-bond donors (Lipinski definition) is 1. The molecule has 1 aromatic heterocycles. The molecule has 1 saturated carbocycles. The summed E-state index contributed by atoms with van der Waals surface area (Å²) < 4.78 is 4.66. The average Bonchev–Trinajstić information content (AvgIpc) is 2.90. The smallest absolute Gasteiger partial charge is 0.101 e. The number of benzene rings is 1. The Balaban J connectivity index is 2.21. The molecule has 1 aliphatic carbocycles. The van der Waals surface area contributed by atoms with E-state index in [2.05, 4.69) is 96.2 Å². The Kier molecular flexibility index (Phi) is 7.59. The number of rotatable bonds is 4. The van der Waals surface area contributed by atoms with Gasteiger partial charge in [0.2, 0.25) is 0 Å². The molecule has 2 aromatic rings. The van der Waals surface area contributed by atoms with Gasteiger partial charge in [-0.25, -0.2) is 0 Å². The van der Waals surface area contributed by atoms with E-state index in [1.54, 1.807) is 0 Å². The molecule has 1 fully saturated rings. The number of nitrogens with two attached hydrogens (primary N) is 1. The van der Waals surface area contributed by atoms with Gasteiger partial charge in [0.15, 0.2) is 0 Å². The van der Waals surface area contributed by atoms with Crippen LogP contribution in [0.1, 0.15) is 84.8 Å². The van der Waals surface area contributed by atoms with Crippen molar-refractivity contribution in [1.29, 1.82) is 0 Å². The van der Waals surface area contributed by atoms with Crippen LogP contribution in [0.15, 0.2) is 32.2 Å². The van der Waals surface area contributed by atoms with Crippen LogP contribution in [0, 0.1) is 5.92 Å². The summed E-state index contributed by atoms with van der Waals surface area (Å²) in [5.74, 6) is 0.733. The zero-order valence-corrected chi connectivity index (χ0v) is 23.2. The molecule has 0 unspecified atom stereocenters. The molecule has 0 spiro atoms. The zero-order valence-electron chi connectivity index (χ0n) is 19.2. The first kappa shape index (κ1) is 24.4. The SMILES string of the molecule is CC(C)(C)c1cc(-c2c(Br)c(SN)c(Br)n2CC2CCCCC2)cc(C(C)(C)C)c1. The molecule has 0 atom stereocenters. The maximum Gasteiger partial charge on any atom is 0.101 e. The highest BCUT2D eigenvalue weighted by atomic mass is 79.9. The van der Waals surface area contributed by atoms with Crippen molar-refractivity contribution < 1.29 is 0 Å². The van der Waals surface area contributed by atoms with Gasteiger partial charge < -0.3 is 4.57 Å². The van der Waals surface area contributed by atoms with Gasteiger partial charge in [-0.3, -0.25) is 5.14 Å². The standard InChI is InChI=1S/C25H36Br2N2S/c1-24(2,3)18-12-17(13-19(14-18)25(4,5)6)21-20(26)22(30-28)23(27)29(21)15-16-10-8-7-9-11-16/h12-14,16H,7-11,15,28H2,1-6H3. The van der Waals surface area contributed by atoms with E-state index in [1.165, 1.54) is 66.4 Å². The van der Waals surface area contributed by atoms with Crippen LogP contribution < -0.4 is 5.14 Å². The minimum atomic E-state index is 0.0892. The summed E-state index contributed by atoms with van der Waals surface area (Å²) in [4.78, 5) is 1.08. The van der Waals surface area contributed by atoms with Gasteiger partial charge >= 0.3 is 0 Å². The molecular formula is C25H36Br2N2S. The second-order valence-electron chi connectivity index (χ2n) is 10.8. The fraction of sp³-hybridized carbons (Fsp3) is 0.600. The van der Waals surface area contributed by atoms with Gasteiger partial charge in [-0.2, -0.15) is 0 Å². The Morgan fingerprint density at radius 3 is 1.93 bits per heavy atom. The van der Waals surface area contributed by atoms with Crippen LogP contribution in [-0.2, 0) is 17.4 Å². The molecule has 5 heteroatoms. The topological polar surface area (TPSA) is 30.9 Å². The number of nitrogens with zero attached hydrogens (tertiary/aromatic N) is 1. The molecule has 1 aromatic carbocycles. The lowest BCUT2D eigenvalue weighted by Crippen LogP contribution is -2.18. The van der Waals surface area contributed by atoms with Crippen molar-refractivity contribution in [3.63, 3.8) is 0 Å². The minimum Gasteiger partial charge on any atom is -0.333 e. The monoisotopic (exact) mass is 554 g/mol. The Bertz CT molecular complexity index is 865. The lowest BCUT2D eigenvalue weighted by Gasteiger charge is -2.27. The highest BCUT2D eigenvalue weighted by molar-refractivity contribution is 9.11. The fourth-order valence-corrected chi connectivity index (χ4v) is 6.74. The predicted octanol–water partition coefficient (Wildman–Crippen LogP) is 8.82. The summed E-state index contributed by atoms with van der Waals surface area (Å²) in [6.07, 6.45) is 6.73. The van der Waals surface area contributed by atoms with Crippen molar-refractivity contribution in [3.05, 3.63) is 38.4 Å². The maximum atomic E-state index is 6.09. The maximum absolute atomic E-state index is 6.09. The molecule has 0 saturated heterocycles. The Hall–Kier alpha value is -0.230. The van der Waals surface area contributed by atoms with Crippen LogP contribution in [0.5, 0.6) is 0 Å². The second-order valence-corrected chi connectivity index (χ2v) is 13.0. The van der Waals surface area contributed by atoms with Crippen molar-refractivity contribution in [3.8, 4) is 11.3 Å². The van der Waals surface area contributed by atoms with Crippen LogP contribution in [0.25, 0.3) is 11.3 Å². The summed E-state index contributed by atoms with van der Waals surface area (Å²) in [5.41, 5.74) is 5.45. The summed E-state index contributed by atoms with van der Waals surface area (Å²) in [6, 6.07) is 7.15. The van der Waals surface area contributed by atoms with Crippen molar-refractivity contribution >= 4 is 43.8 Å². The first-order valence-corrected chi connectivity index (χ1v) is 13.5. The number of aromatic nitrogens is 1. The first-order valence-electron chi connectivity index (χ1n) is 11.0. The molecule has 30 heavy (non-hydrogen) atoms. The van der Waals surface area contributed by atoms with Crippen molar-refractivity contribution in [2.75, 3.05) is 0 Å². The van der Waals surface area contributed by atoms with E-state index in [9.17, 15) is 0 Å². The summed E-state index contributed by atoms with van der Waals surface area (Å²) in [6.45, 7) is 14.8. The molecule has 2 N–H and O–H groups in total. The second kappa shape index (κ2) is 9.33. The van der Waals surface area contributed by atoms with Gasteiger partial charge in [0.1, 0.15) is 4.60 Å². The molecular weight excluding hydrogens is 520 g/mol. The van der Waals surface area contributed by atoms with Crippen LogP contribution in [0.3, 0.4) is 0 Å². The minimum absolute atomic E-state index is 0.0892. The van der Waals surface area contributed by atoms with Crippen molar-refractivity contribution in [2.45, 2.75) is 95.9 Å². The van der Waals surface area contributed by atoms with E-state index in [-0.39, 0.29) is 10.8 Å². The first-order chi connectivity index (χ1) is 13.9. The molecule has 1 heterocycles. The molecule has 166 valence electrons. The third-order valence-corrected chi connectivity index (χ3v) is 9.08. The van der Waals surface area contributed by atoms with E-state index in [4.69, 9.17) is 5.14 Å². The van der Waals surface area contributed by atoms with Crippen molar-refractivity contribution in [2.24, 2.45) is 11.1 Å². The van der Waals surface area contributed by atoms with Crippen LogP contribution in [0.4, 0.5) is 0 Å². The van der Waals surface area contributed by atoms with Gasteiger partial charge in [0, 0.05) is 6.54 Å².